The molecule has 1 atom stereocenters. The van der Waals surface area contributed by atoms with Crippen LogP contribution in [0.4, 0.5) is 4.79 Å². The van der Waals surface area contributed by atoms with Crippen LogP contribution in [0.5, 0.6) is 0 Å². The van der Waals surface area contributed by atoms with Gasteiger partial charge in [-0.1, -0.05) is 68.2 Å². The molecule has 166 valence electrons. The Balaban J connectivity index is 1.55. The number of carbonyl (C=O) groups excluding carboxylic acids is 2. The SMILES string of the molecule is CC(C)(C)c1ccc(C2(C)NC(=O)N(Cc3nnc(-c4ccc(Cl)cc4Cl)o3)C2=O)cc1. The van der Waals surface area contributed by atoms with Crippen LogP contribution in [0.25, 0.3) is 11.5 Å². The number of halogens is 2. The number of amides is 3. The smallest absolute Gasteiger partial charge is 0.325 e. The topological polar surface area (TPSA) is 88.3 Å². The fourth-order valence-corrected chi connectivity index (χ4v) is 4.05. The molecule has 2 heterocycles. The molecule has 0 saturated carbocycles. The molecule has 0 bridgehead atoms. The molecule has 1 aliphatic rings. The van der Waals surface area contributed by atoms with Gasteiger partial charge in [-0.15, -0.1) is 10.2 Å². The minimum atomic E-state index is -1.18. The van der Waals surface area contributed by atoms with E-state index in [2.05, 4.69) is 36.3 Å². The lowest BCUT2D eigenvalue weighted by atomic mass is 9.84. The van der Waals surface area contributed by atoms with E-state index in [1.165, 1.54) is 0 Å². The van der Waals surface area contributed by atoms with Crippen molar-refractivity contribution in [3.63, 3.8) is 0 Å². The summed E-state index contributed by atoms with van der Waals surface area (Å²) in [5.74, 6) is -0.105. The third-order valence-corrected chi connectivity index (χ3v) is 6.07. The van der Waals surface area contributed by atoms with E-state index < -0.39 is 17.5 Å². The number of nitrogens with one attached hydrogen (secondary N) is 1. The molecule has 0 spiro atoms. The number of nitrogens with zero attached hydrogens (tertiary/aromatic N) is 3. The highest BCUT2D eigenvalue weighted by Crippen LogP contribution is 2.33. The molecule has 1 N–H and O–H groups in total. The van der Waals surface area contributed by atoms with E-state index in [1.807, 2.05) is 24.3 Å². The number of benzene rings is 2. The van der Waals surface area contributed by atoms with E-state index in [-0.39, 0.29) is 23.7 Å². The number of imide groups is 1. The number of carbonyl (C=O) groups is 2. The van der Waals surface area contributed by atoms with Crippen molar-refractivity contribution in [1.82, 2.24) is 20.4 Å². The van der Waals surface area contributed by atoms with Gasteiger partial charge in [0.1, 0.15) is 12.1 Å². The van der Waals surface area contributed by atoms with Gasteiger partial charge in [0.15, 0.2) is 0 Å². The van der Waals surface area contributed by atoms with Crippen molar-refractivity contribution in [2.45, 2.75) is 45.2 Å². The molecule has 32 heavy (non-hydrogen) atoms. The minimum Gasteiger partial charge on any atom is -0.419 e. The summed E-state index contributed by atoms with van der Waals surface area (Å²) in [5.41, 5.74) is 1.14. The van der Waals surface area contributed by atoms with Crippen LogP contribution in [0, 0.1) is 0 Å². The molecule has 1 saturated heterocycles. The predicted molar refractivity (Wildman–Crippen MR) is 121 cm³/mol. The summed E-state index contributed by atoms with van der Waals surface area (Å²) in [6, 6.07) is 12.0. The van der Waals surface area contributed by atoms with Crippen LogP contribution < -0.4 is 5.32 Å². The van der Waals surface area contributed by atoms with Gasteiger partial charge in [-0.05, 0) is 41.7 Å². The molecule has 1 fully saturated rings. The van der Waals surface area contributed by atoms with E-state index in [9.17, 15) is 9.59 Å². The second-order valence-corrected chi connectivity index (χ2v) is 9.74. The number of rotatable bonds is 4. The van der Waals surface area contributed by atoms with Crippen LogP contribution in [-0.4, -0.2) is 27.0 Å². The highest BCUT2D eigenvalue weighted by molar-refractivity contribution is 6.36. The first-order valence-electron chi connectivity index (χ1n) is 10.0. The van der Waals surface area contributed by atoms with Crippen molar-refractivity contribution in [3.8, 4) is 11.5 Å². The second kappa shape index (κ2) is 7.90. The lowest BCUT2D eigenvalue weighted by molar-refractivity contribution is -0.131. The first-order valence-corrected chi connectivity index (χ1v) is 10.8. The Morgan fingerprint density at radius 1 is 1.06 bits per heavy atom. The van der Waals surface area contributed by atoms with E-state index in [1.54, 1.807) is 25.1 Å². The van der Waals surface area contributed by atoms with Gasteiger partial charge in [-0.2, -0.15) is 0 Å². The molecule has 7 nitrogen and oxygen atoms in total. The Bertz CT molecular complexity index is 1200. The summed E-state index contributed by atoms with van der Waals surface area (Å²) < 4.78 is 5.65. The van der Waals surface area contributed by atoms with Gasteiger partial charge in [-0.25, -0.2) is 4.79 Å². The Morgan fingerprint density at radius 3 is 2.38 bits per heavy atom. The predicted octanol–water partition coefficient (Wildman–Crippen LogP) is 5.31. The van der Waals surface area contributed by atoms with Crippen molar-refractivity contribution in [1.29, 1.82) is 0 Å². The summed E-state index contributed by atoms with van der Waals surface area (Å²) in [5, 5.41) is 11.6. The highest BCUT2D eigenvalue weighted by Gasteiger charge is 2.49. The minimum absolute atomic E-state index is 0.0168. The fraction of sp³-hybridized carbons (Fsp3) is 0.304. The second-order valence-electron chi connectivity index (χ2n) is 8.90. The van der Waals surface area contributed by atoms with E-state index in [0.29, 0.717) is 21.2 Å². The van der Waals surface area contributed by atoms with Crippen LogP contribution in [0.2, 0.25) is 10.0 Å². The Labute approximate surface area is 195 Å². The maximum absolute atomic E-state index is 13.2. The van der Waals surface area contributed by atoms with Gasteiger partial charge < -0.3 is 9.73 Å². The van der Waals surface area contributed by atoms with Gasteiger partial charge in [0.05, 0.1) is 10.6 Å². The Hall–Kier alpha value is -2.90. The Kier molecular flexibility index (Phi) is 5.51. The Morgan fingerprint density at radius 2 is 1.75 bits per heavy atom. The summed E-state index contributed by atoms with van der Waals surface area (Å²) in [6.07, 6.45) is 0. The molecular formula is C23H22Cl2N4O3. The molecular weight excluding hydrogens is 451 g/mol. The van der Waals surface area contributed by atoms with Gasteiger partial charge >= 0.3 is 6.03 Å². The van der Waals surface area contributed by atoms with Crippen LogP contribution >= 0.6 is 23.2 Å². The highest BCUT2D eigenvalue weighted by atomic mass is 35.5. The van der Waals surface area contributed by atoms with Crippen molar-refractivity contribution in [2.75, 3.05) is 0 Å². The quantitative estimate of drug-likeness (QED) is 0.519. The van der Waals surface area contributed by atoms with E-state index >= 15 is 0 Å². The van der Waals surface area contributed by atoms with Crippen LogP contribution in [-0.2, 0) is 22.3 Å². The summed E-state index contributed by atoms with van der Waals surface area (Å²) >= 11 is 12.1. The maximum Gasteiger partial charge on any atom is 0.325 e. The molecule has 0 aliphatic carbocycles. The fourth-order valence-electron chi connectivity index (χ4n) is 3.56. The summed E-state index contributed by atoms with van der Waals surface area (Å²) in [7, 11) is 0. The number of aromatic nitrogens is 2. The van der Waals surface area contributed by atoms with Gasteiger partial charge in [0.25, 0.3) is 5.91 Å². The van der Waals surface area contributed by atoms with Crippen molar-refractivity contribution < 1.29 is 14.0 Å². The van der Waals surface area contributed by atoms with Crippen LogP contribution in [0.1, 0.15) is 44.7 Å². The molecule has 3 aromatic rings. The molecule has 1 aliphatic heterocycles. The van der Waals surface area contributed by atoms with Gasteiger partial charge in [-0.3, -0.25) is 9.69 Å². The summed E-state index contributed by atoms with van der Waals surface area (Å²) in [4.78, 5) is 26.9. The average Bonchev–Trinajstić information content (AvgIpc) is 3.26. The maximum atomic E-state index is 13.2. The average molecular weight is 473 g/mol. The van der Waals surface area contributed by atoms with Gasteiger partial charge in [0, 0.05) is 5.02 Å². The monoisotopic (exact) mass is 472 g/mol. The molecule has 0 radical (unpaired) electrons. The van der Waals surface area contributed by atoms with E-state index in [4.69, 9.17) is 27.6 Å². The molecule has 1 unspecified atom stereocenters. The number of hydrogen-bond donors (Lipinski definition) is 1. The molecule has 2 aromatic carbocycles. The molecule has 4 rings (SSSR count). The molecule has 3 amide bonds. The standard InChI is InChI=1S/C23H22Cl2N4O3/c1-22(2,3)13-5-7-14(8-6-13)23(4)20(30)29(21(31)26-23)12-18-27-28-19(32-18)16-10-9-15(24)11-17(16)25/h5-11H,12H2,1-4H3,(H,26,31). The number of urea groups is 1. The summed E-state index contributed by atoms with van der Waals surface area (Å²) in [6.45, 7) is 7.88. The largest absolute Gasteiger partial charge is 0.419 e. The number of hydrogen-bond acceptors (Lipinski definition) is 5. The third kappa shape index (κ3) is 3.98. The third-order valence-electron chi connectivity index (χ3n) is 5.53. The molecule has 9 heteroatoms. The normalized spacial score (nSPS) is 18.9. The first kappa shape index (κ1) is 22.3. The molecule has 1 aromatic heterocycles. The first-order chi connectivity index (χ1) is 15.0. The zero-order valence-electron chi connectivity index (χ0n) is 18.1. The zero-order chi connectivity index (χ0) is 23.3. The van der Waals surface area contributed by atoms with Gasteiger partial charge in [0.2, 0.25) is 11.8 Å². The van der Waals surface area contributed by atoms with Crippen molar-refractivity contribution >= 4 is 35.1 Å². The lowest BCUT2D eigenvalue weighted by Crippen LogP contribution is -2.40. The van der Waals surface area contributed by atoms with Crippen LogP contribution in [0.3, 0.4) is 0 Å². The van der Waals surface area contributed by atoms with Crippen LogP contribution in [0.15, 0.2) is 46.9 Å². The lowest BCUT2D eigenvalue weighted by Gasteiger charge is -2.24. The zero-order valence-corrected chi connectivity index (χ0v) is 19.6. The van der Waals surface area contributed by atoms with Crippen molar-refractivity contribution in [2.24, 2.45) is 0 Å². The van der Waals surface area contributed by atoms with Crippen molar-refractivity contribution in [3.05, 3.63) is 69.5 Å². The van der Waals surface area contributed by atoms with E-state index in [0.717, 1.165) is 10.5 Å².